The Hall–Kier alpha value is -2.91. The van der Waals surface area contributed by atoms with Crippen molar-refractivity contribution < 1.29 is 41.7 Å². The number of hydrogen-bond acceptors (Lipinski definition) is 4. The Labute approximate surface area is 196 Å². The van der Waals surface area contributed by atoms with Crippen molar-refractivity contribution in [3.05, 3.63) is 75.2 Å². The second-order valence-corrected chi connectivity index (χ2v) is 7.28. The number of methoxy groups -OCH3 is 1. The first kappa shape index (κ1) is 26.3. The summed E-state index contributed by atoms with van der Waals surface area (Å²) < 4.78 is 65.2. The molecule has 0 fully saturated rings. The molecule has 2 aromatic rings. The highest BCUT2D eigenvalue weighted by Crippen LogP contribution is 2.37. The zero-order chi connectivity index (χ0) is 24.8. The maximum absolute atomic E-state index is 12.9. The van der Waals surface area contributed by atoms with Crippen LogP contribution >= 0.6 is 23.2 Å². The number of carboxylic acids is 1. The minimum atomic E-state index is -5.11. The molecule has 0 spiro atoms. The average molecular weight is 509 g/mol. The predicted octanol–water partition coefficient (Wildman–Crippen LogP) is 6.83. The molecule has 0 radical (unpaired) electrons. The molecule has 178 valence electrons. The van der Waals surface area contributed by atoms with Crippen molar-refractivity contribution in [1.29, 1.82) is 0 Å². The van der Waals surface area contributed by atoms with Gasteiger partial charge in [-0.15, -0.1) is 0 Å². The van der Waals surface area contributed by atoms with Gasteiger partial charge in [0.05, 0.1) is 17.2 Å². The van der Waals surface area contributed by atoms with E-state index in [9.17, 15) is 27.5 Å². The van der Waals surface area contributed by atoms with Gasteiger partial charge in [-0.05, 0) is 24.1 Å². The molecular weight excluding hydrogens is 491 g/mol. The molecule has 2 rings (SSSR count). The molecule has 0 saturated carbocycles. The van der Waals surface area contributed by atoms with E-state index in [0.29, 0.717) is 11.1 Å². The van der Waals surface area contributed by atoms with Crippen LogP contribution in [0.15, 0.2) is 54.1 Å². The van der Waals surface area contributed by atoms with Gasteiger partial charge in [0.15, 0.2) is 5.75 Å². The second-order valence-electron chi connectivity index (χ2n) is 6.46. The fraction of sp³-hybridized carbons (Fsp3) is 0.227. The van der Waals surface area contributed by atoms with Gasteiger partial charge in [0.1, 0.15) is 30.3 Å². The van der Waals surface area contributed by atoms with E-state index in [0.717, 1.165) is 0 Å². The van der Waals surface area contributed by atoms with Gasteiger partial charge < -0.3 is 19.3 Å². The first-order valence-corrected chi connectivity index (χ1v) is 9.95. The maximum Gasteiger partial charge on any atom is 0.442 e. The van der Waals surface area contributed by atoms with E-state index < -0.39 is 24.6 Å². The Morgan fingerprint density at radius 1 is 1.12 bits per heavy atom. The summed E-state index contributed by atoms with van der Waals surface area (Å²) in [7, 11) is 1.36. The summed E-state index contributed by atoms with van der Waals surface area (Å²) >= 11 is 12.2. The normalized spacial score (nSPS) is 12.8. The number of ether oxygens (including phenoxy) is 3. The summed E-state index contributed by atoms with van der Waals surface area (Å²) in [5.74, 6) is -3.23. The molecule has 0 aliphatic carbocycles. The van der Waals surface area contributed by atoms with Crippen LogP contribution in [-0.4, -0.2) is 31.0 Å². The summed E-state index contributed by atoms with van der Waals surface area (Å²) in [6.45, 7) is 0.715. The lowest BCUT2D eigenvalue weighted by molar-refractivity contribution is -0.130. The van der Waals surface area contributed by atoms with E-state index in [2.05, 4.69) is 0 Å². The van der Waals surface area contributed by atoms with Crippen molar-refractivity contribution in [3.8, 4) is 11.5 Å². The summed E-state index contributed by atoms with van der Waals surface area (Å²) in [6.07, 6.45) is -4.90. The lowest BCUT2D eigenvalue weighted by atomic mass is 9.99. The van der Waals surface area contributed by atoms with Crippen molar-refractivity contribution >= 4 is 34.7 Å². The molecule has 0 bridgehead atoms. The topological polar surface area (TPSA) is 65.0 Å². The molecule has 0 unspecified atom stereocenters. The molecule has 11 heteroatoms. The van der Waals surface area contributed by atoms with Crippen molar-refractivity contribution in [3.63, 3.8) is 0 Å². The molecule has 2 aromatic carbocycles. The first-order chi connectivity index (χ1) is 15.5. The van der Waals surface area contributed by atoms with Crippen LogP contribution in [0.5, 0.6) is 11.5 Å². The number of aliphatic carboxylic acids is 1. The Morgan fingerprint density at radius 2 is 1.73 bits per heavy atom. The molecule has 0 saturated heterocycles. The molecule has 0 aliphatic heterocycles. The molecule has 0 atom stereocenters. The van der Waals surface area contributed by atoms with Crippen LogP contribution in [0.4, 0.5) is 17.6 Å². The molecule has 33 heavy (non-hydrogen) atoms. The number of halogens is 6. The average Bonchev–Trinajstić information content (AvgIpc) is 2.73. The molecule has 0 amide bonds. The summed E-state index contributed by atoms with van der Waals surface area (Å²) in [5.41, 5.74) is 0.891. The summed E-state index contributed by atoms with van der Waals surface area (Å²) in [4.78, 5) is 11.7. The molecule has 0 aromatic heterocycles. The Kier molecular flexibility index (Phi) is 9.01. The summed E-state index contributed by atoms with van der Waals surface area (Å²) in [5, 5.41) is 9.42. The van der Waals surface area contributed by atoms with Gasteiger partial charge >= 0.3 is 12.1 Å². The Balaban J connectivity index is 2.21. The quantitative estimate of drug-likeness (QED) is 0.228. The van der Waals surface area contributed by atoms with Gasteiger partial charge in [-0.2, -0.15) is 13.2 Å². The molecule has 0 heterocycles. The van der Waals surface area contributed by atoms with Gasteiger partial charge in [-0.1, -0.05) is 47.5 Å². The molecule has 1 N–H and O–H groups in total. The lowest BCUT2D eigenvalue weighted by Gasteiger charge is -2.15. The standard InChI is InChI=1S/C22H18Cl2F4O5/c1-12(31-2)19(21(29)30)15-6-4-3-5-13(15)11-33-14-9-16(23)20(17(24)10-14)32-8-7-18(25)22(26,27)28/h3-7,9-10H,8,11H2,1-2H3,(H,29,30). The van der Waals surface area contributed by atoms with E-state index in [1.54, 1.807) is 24.3 Å². The number of carbonyl (C=O) groups is 1. The van der Waals surface area contributed by atoms with Crippen molar-refractivity contribution in [2.45, 2.75) is 19.7 Å². The molecule has 0 aliphatic rings. The highest BCUT2D eigenvalue weighted by Gasteiger charge is 2.34. The van der Waals surface area contributed by atoms with E-state index in [-0.39, 0.29) is 45.6 Å². The number of allylic oxidation sites excluding steroid dienone is 2. The zero-order valence-corrected chi connectivity index (χ0v) is 18.8. The second kappa shape index (κ2) is 11.3. The predicted molar refractivity (Wildman–Crippen MR) is 115 cm³/mol. The van der Waals surface area contributed by atoms with E-state index in [1.807, 2.05) is 0 Å². The number of benzene rings is 2. The highest BCUT2D eigenvalue weighted by molar-refractivity contribution is 6.37. The lowest BCUT2D eigenvalue weighted by Crippen LogP contribution is -2.09. The third-order valence-corrected chi connectivity index (χ3v) is 4.85. The van der Waals surface area contributed by atoms with E-state index in [1.165, 1.54) is 26.2 Å². The molecular formula is C22H18Cl2F4O5. The fourth-order valence-corrected chi connectivity index (χ4v) is 3.26. The van der Waals surface area contributed by atoms with Gasteiger partial charge in [0.25, 0.3) is 0 Å². The third-order valence-electron chi connectivity index (χ3n) is 4.29. The van der Waals surface area contributed by atoms with E-state index >= 15 is 0 Å². The Morgan fingerprint density at radius 3 is 2.27 bits per heavy atom. The maximum atomic E-state index is 12.9. The van der Waals surface area contributed by atoms with Crippen LogP contribution in [0.2, 0.25) is 10.0 Å². The van der Waals surface area contributed by atoms with Crippen LogP contribution < -0.4 is 9.47 Å². The van der Waals surface area contributed by atoms with Crippen LogP contribution in [0.3, 0.4) is 0 Å². The fourth-order valence-electron chi connectivity index (χ4n) is 2.68. The van der Waals surface area contributed by atoms with Crippen molar-refractivity contribution in [2.75, 3.05) is 13.7 Å². The highest BCUT2D eigenvalue weighted by atomic mass is 35.5. The van der Waals surface area contributed by atoms with Gasteiger partial charge in [0, 0.05) is 12.1 Å². The van der Waals surface area contributed by atoms with Gasteiger partial charge in [0.2, 0.25) is 5.83 Å². The number of hydrogen-bond donors (Lipinski definition) is 1. The SMILES string of the molecule is COC(C)=C(C(=O)O)c1ccccc1COc1cc(Cl)c(OCC=C(F)C(F)(F)F)c(Cl)c1. The minimum Gasteiger partial charge on any atom is -0.500 e. The third kappa shape index (κ3) is 7.03. The summed E-state index contributed by atoms with van der Waals surface area (Å²) in [6, 6.07) is 9.26. The zero-order valence-electron chi connectivity index (χ0n) is 17.3. The molecule has 5 nitrogen and oxygen atoms in total. The first-order valence-electron chi connectivity index (χ1n) is 9.19. The van der Waals surface area contributed by atoms with Crippen molar-refractivity contribution in [2.24, 2.45) is 0 Å². The van der Waals surface area contributed by atoms with Gasteiger partial charge in [-0.3, -0.25) is 0 Å². The Bertz CT molecular complexity index is 1060. The number of rotatable bonds is 9. The van der Waals surface area contributed by atoms with Gasteiger partial charge in [-0.25, -0.2) is 9.18 Å². The monoisotopic (exact) mass is 508 g/mol. The number of alkyl halides is 3. The smallest absolute Gasteiger partial charge is 0.442 e. The van der Waals surface area contributed by atoms with Crippen LogP contribution in [-0.2, 0) is 16.1 Å². The number of carboxylic acid groups (broad SMARTS) is 1. The van der Waals surface area contributed by atoms with Crippen LogP contribution in [0.25, 0.3) is 5.57 Å². The van der Waals surface area contributed by atoms with E-state index in [4.69, 9.17) is 37.4 Å². The van der Waals surface area contributed by atoms with Crippen molar-refractivity contribution in [1.82, 2.24) is 0 Å². The van der Waals surface area contributed by atoms with Crippen LogP contribution in [0.1, 0.15) is 18.1 Å². The van der Waals surface area contributed by atoms with Crippen LogP contribution in [0, 0.1) is 0 Å². The largest absolute Gasteiger partial charge is 0.500 e. The minimum absolute atomic E-state index is 0.0318.